The fourth-order valence-corrected chi connectivity index (χ4v) is 4.09. The molecule has 0 rings (SSSR count). The largest absolute Gasteiger partial charge is 0.390 e. The van der Waals surface area contributed by atoms with Gasteiger partial charge in [-0.3, -0.25) is 0 Å². The molecule has 0 heterocycles. The van der Waals surface area contributed by atoms with E-state index in [1.54, 1.807) is 0 Å². The molecule has 0 aromatic rings. The highest BCUT2D eigenvalue weighted by Crippen LogP contribution is 2.21. The Hall–Kier alpha value is -0.0400. The zero-order chi connectivity index (χ0) is 20.1. The van der Waals surface area contributed by atoms with Crippen LogP contribution in [0.25, 0.3) is 0 Å². The van der Waals surface area contributed by atoms with E-state index in [2.05, 4.69) is 13.8 Å². The lowest BCUT2D eigenvalue weighted by molar-refractivity contribution is 0.0371. The number of aliphatic hydroxyl groups is 1. The van der Waals surface area contributed by atoms with Crippen LogP contribution in [0.5, 0.6) is 0 Å². The van der Waals surface area contributed by atoms with Crippen molar-refractivity contribution >= 4 is 0 Å². The molecule has 0 aliphatic rings. The van der Waals surface area contributed by atoms with Crippen molar-refractivity contribution in [2.24, 2.45) is 0 Å². The van der Waals surface area contributed by atoms with E-state index in [4.69, 9.17) is 0 Å². The summed E-state index contributed by atoms with van der Waals surface area (Å²) in [7, 11) is 0. The van der Waals surface area contributed by atoms with Gasteiger partial charge in [-0.1, -0.05) is 142 Å². The average molecular weight is 383 g/mol. The topological polar surface area (TPSA) is 20.2 Å². The second-order valence-electron chi connectivity index (χ2n) is 9.36. The molecule has 0 fully saturated rings. The molecule has 27 heavy (non-hydrogen) atoms. The second kappa shape index (κ2) is 20.7. The maximum Gasteiger partial charge on any atom is 0.0619 e. The number of hydrogen-bond donors (Lipinski definition) is 1. The lowest BCUT2D eigenvalue weighted by Gasteiger charge is -2.22. The maximum atomic E-state index is 10.3. The minimum atomic E-state index is -0.412. The van der Waals surface area contributed by atoms with Crippen LogP contribution in [0.2, 0.25) is 0 Å². The van der Waals surface area contributed by atoms with Crippen molar-refractivity contribution in [1.29, 1.82) is 0 Å². The third kappa shape index (κ3) is 22.1. The van der Waals surface area contributed by atoms with Gasteiger partial charge in [0.25, 0.3) is 0 Å². The minimum absolute atomic E-state index is 0.412. The van der Waals surface area contributed by atoms with Gasteiger partial charge < -0.3 is 5.11 Å². The van der Waals surface area contributed by atoms with E-state index >= 15 is 0 Å². The molecular formula is C26H54O. The van der Waals surface area contributed by atoms with Gasteiger partial charge in [-0.2, -0.15) is 0 Å². The monoisotopic (exact) mass is 382 g/mol. The summed E-state index contributed by atoms with van der Waals surface area (Å²) in [5.41, 5.74) is -0.412. The fraction of sp³-hybridized carbons (Fsp3) is 1.00. The molecule has 0 bridgehead atoms. The van der Waals surface area contributed by atoms with E-state index in [1.807, 2.05) is 6.92 Å². The normalized spacial score (nSPS) is 13.8. The summed E-state index contributed by atoms with van der Waals surface area (Å²) >= 11 is 0. The van der Waals surface area contributed by atoms with Crippen LogP contribution in [0, 0.1) is 0 Å². The Morgan fingerprint density at radius 2 is 0.667 bits per heavy atom. The first-order valence-corrected chi connectivity index (χ1v) is 12.8. The van der Waals surface area contributed by atoms with E-state index in [9.17, 15) is 5.11 Å². The van der Waals surface area contributed by atoms with Crippen molar-refractivity contribution in [2.75, 3.05) is 0 Å². The molecule has 0 aromatic heterocycles. The minimum Gasteiger partial charge on any atom is -0.390 e. The first kappa shape index (κ1) is 27.0. The smallest absolute Gasteiger partial charge is 0.0619 e. The zero-order valence-electron chi connectivity index (χ0n) is 19.5. The molecule has 1 atom stereocenters. The first-order chi connectivity index (χ1) is 13.1. The molecule has 0 aliphatic heterocycles. The van der Waals surface area contributed by atoms with Crippen molar-refractivity contribution in [3.63, 3.8) is 0 Å². The zero-order valence-corrected chi connectivity index (χ0v) is 19.5. The van der Waals surface area contributed by atoms with E-state index in [0.717, 1.165) is 19.3 Å². The molecule has 0 aliphatic carbocycles. The number of hydrogen-bond acceptors (Lipinski definition) is 1. The summed E-state index contributed by atoms with van der Waals surface area (Å²) in [6.45, 7) is 6.52. The third-order valence-corrected chi connectivity index (χ3v) is 6.14. The Balaban J connectivity index is 3.13. The SMILES string of the molecule is CCCCCCCCCCCCCCCCCCCCC(C)(O)CCCC. The van der Waals surface area contributed by atoms with Crippen LogP contribution >= 0.6 is 0 Å². The molecule has 0 radical (unpaired) electrons. The Morgan fingerprint density at radius 3 is 1.00 bits per heavy atom. The highest BCUT2D eigenvalue weighted by Gasteiger charge is 2.18. The Morgan fingerprint density at radius 1 is 0.407 bits per heavy atom. The predicted molar refractivity (Wildman–Crippen MR) is 124 cm³/mol. The average Bonchev–Trinajstić information content (AvgIpc) is 2.65. The Labute approximate surface area is 173 Å². The van der Waals surface area contributed by atoms with Crippen LogP contribution in [0.3, 0.4) is 0 Å². The van der Waals surface area contributed by atoms with Gasteiger partial charge in [0.05, 0.1) is 5.60 Å². The molecule has 0 amide bonds. The summed E-state index contributed by atoms with van der Waals surface area (Å²) < 4.78 is 0. The van der Waals surface area contributed by atoms with Gasteiger partial charge in [0.1, 0.15) is 0 Å². The highest BCUT2D eigenvalue weighted by molar-refractivity contribution is 4.71. The summed E-state index contributed by atoms with van der Waals surface area (Å²) in [5, 5.41) is 10.3. The fourth-order valence-electron chi connectivity index (χ4n) is 4.09. The second-order valence-corrected chi connectivity index (χ2v) is 9.36. The van der Waals surface area contributed by atoms with Crippen LogP contribution < -0.4 is 0 Å². The van der Waals surface area contributed by atoms with Crippen LogP contribution in [0.1, 0.15) is 162 Å². The Bertz CT molecular complexity index is 271. The van der Waals surface area contributed by atoms with Gasteiger partial charge >= 0.3 is 0 Å². The number of rotatable bonds is 22. The molecule has 1 heteroatoms. The van der Waals surface area contributed by atoms with Gasteiger partial charge in [0, 0.05) is 0 Å². The summed E-state index contributed by atoms with van der Waals surface area (Å²) in [6.07, 6.45) is 29.9. The van der Waals surface area contributed by atoms with Crippen LogP contribution in [-0.4, -0.2) is 10.7 Å². The maximum absolute atomic E-state index is 10.3. The Kier molecular flexibility index (Phi) is 20.7. The molecule has 0 saturated heterocycles. The summed E-state index contributed by atoms with van der Waals surface area (Å²) in [4.78, 5) is 0. The van der Waals surface area contributed by atoms with E-state index in [0.29, 0.717) is 0 Å². The molecule has 1 nitrogen and oxygen atoms in total. The number of unbranched alkanes of at least 4 members (excludes halogenated alkanes) is 18. The van der Waals surface area contributed by atoms with E-state index < -0.39 is 5.60 Å². The highest BCUT2D eigenvalue weighted by atomic mass is 16.3. The quantitative estimate of drug-likeness (QED) is 0.185. The molecular weight excluding hydrogens is 328 g/mol. The molecule has 1 unspecified atom stereocenters. The van der Waals surface area contributed by atoms with Crippen molar-refractivity contribution in [2.45, 2.75) is 168 Å². The molecule has 164 valence electrons. The predicted octanol–water partition coefficient (Wildman–Crippen LogP) is 9.36. The third-order valence-electron chi connectivity index (χ3n) is 6.14. The lowest BCUT2D eigenvalue weighted by Crippen LogP contribution is -2.23. The van der Waals surface area contributed by atoms with Gasteiger partial charge in [0.2, 0.25) is 0 Å². The molecule has 0 spiro atoms. The van der Waals surface area contributed by atoms with Crippen molar-refractivity contribution in [1.82, 2.24) is 0 Å². The molecule has 0 saturated carbocycles. The summed E-state index contributed by atoms with van der Waals surface area (Å²) in [6, 6.07) is 0. The van der Waals surface area contributed by atoms with Crippen molar-refractivity contribution < 1.29 is 5.11 Å². The van der Waals surface area contributed by atoms with Crippen LogP contribution in [-0.2, 0) is 0 Å². The van der Waals surface area contributed by atoms with Crippen LogP contribution in [0.4, 0.5) is 0 Å². The lowest BCUT2D eigenvalue weighted by atomic mass is 9.92. The van der Waals surface area contributed by atoms with Gasteiger partial charge in [-0.25, -0.2) is 0 Å². The van der Waals surface area contributed by atoms with Gasteiger partial charge in [-0.05, 0) is 19.8 Å². The van der Waals surface area contributed by atoms with Gasteiger partial charge in [0.15, 0.2) is 0 Å². The van der Waals surface area contributed by atoms with Gasteiger partial charge in [-0.15, -0.1) is 0 Å². The van der Waals surface area contributed by atoms with Crippen molar-refractivity contribution in [3.8, 4) is 0 Å². The molecule has 0 aromatic carbocycles. The standard InChI is InChI=1S/C26H54O/c1-4-6-8-9-10-11-12-13-14-15-16-17-18-19-20-21-22-23-25-26(3,27)24-7-5-2/h27H,4-25H2,1-3H3. The van der Waals surface area contributed by atoms with Crippen LogP contribution in [0.15, 0.2) is 0 Å². The molecule has 1 N–H and O–H groups in total. The van der Waals surface area contributed by atoms with E-state index in [1.165, 1.54) is 122 Å². The first-order valence-electron chi connectivity index (χ1n) is 12.8. The summed E-state index contributed by atoms with van der Waals surface area (Å²) in [5.74, 6) is 0. The van der Waals surface area contributed by atoms with Crippen molar-refractivity contribution in [3.05, 3.63) is 0 Å². The van der Waals surface area contributed by atoms with E-state index in [-0.39, 0.29) is 0 Å².